The highest BCUT2D eigenvalue weighted by molar-refractivity contribution is 6.07. The van der Waals surface area contributed by atoms with Crippen molar-refractivity contribution < 1.29 is 23.1 Å². The molecule has 0 aromatic heterocycles. The van der Waals surface area contributed by atoms with Gasteiger partial charge in [-0.05, 0) is 38.5 Å². The molecular formula is C15H18F2N2O3. The summed E-state index contributed by atoms with van der Waals surface area (Å²) in [5.41, 5.74) is -1.22. The van der Waals surface area contributed by atoms with E-state index >= 15 is 0 Å². The van der Waals surface area contributed by atoms with Crippen LogP contribution in [0, 0.1) is 11.6 Å². The van der Waals surface area contributed by atoms with Gasteiger partial charge in [-0.25, -0.2) is 13.6 Å². The molecule has 0 aliphatic carbocycles. The SMILES string of the molecule is CC(C)OCCN1C(=O)N[C@](C)(c2ccc(F)c(F)c2)C1=O. The van der Waals surface area contributed by atoms with Crippen molar-refractivity contribution in [3.63, 3.8) is 0 Å². The van der Waals surface area contributed by atoms with Crippen LogP contribution in [0.2, 0.25) is 0 Å². The molecule has 1 atom stereocenters. The van der Waals surface area contributed by atoms with Crippen molar-refractivity contribution in [1.82, 2.24) is 10.2 Å². The third-order valence-corrected chi connectivity index (χ3v) is 3.54. The number of amides is 3. The fraction of sp³-hybridized carbons (Fsp3) is 0.467. The standard InChI is InChI=1S/C15H18F2N2O3/c1-9(2)22-7-6-19-13(20)15(3,18-14(19)21)10-4-5-11(16)12(17)8-10/h4-5,8-9H,6-7H2,1-3H3,(H,18,21)/t15-/m1/s1. The van der Waals surface area contributed by atoms with Gasteiger partial charge in [-0.15, -0.1) is 0 Å². The molecule has 0 unspecified atom stereocenters. The lowest BCUT2D eigenvalue weighted by atomic mass is 9.92. The molecule has 1 aliphatic heterocycles. The highest BCUT2D eigenvalue weighted by Gasteiger charge is 2.49. The van der Waals surface area contributed by atoms with Gasteiger partial charge in [0, 0.05) is 0 Å². The molecule has 120 valence electrons. The van der Waals surface area contributed by atoms with Crippen molar-refractivity contribution in [2.75, 3.05) is 13.2 Å². The van der Waals surface area contributed by atoms with Crippen LogP contribution >= 0.6 is 0 Å². The number of carbonyl (C=O) groups excluding carboxylic acids is 2. The monoisotopic (exact) mass is 312 g/mol. The third kappa shape index (κ3) is 2.94. The Morgan fingerprint density at radius 3 is 2.55 bits per heavy atom. The van der Waals surface area contributed by atoms with E-state index in [2.05, 4.69) is 5.32 Å². The highest BCUT2D eigenvalue weighted by Crippen LogP contribution is 2.29. The van der Waals surface area contributed by atoms with Gasteiger partial charge in [-0.1, -0.05) is 6.07 Å². The predicted molar refractivity (Wildman–Crippen MR) is 75.0 cm³/mol. The summed E-state index contributed by atoms with van der Waals surface area (Å²) in [7, 11) is 0. The van der Waals surface area contributed by atoms with Crippen molar-refractivity contribution in [2.24, 2.45) is 0 Å². The molecule has 2 rings (SSSR count). The molecule has 22 heavy (non-hydrogen) atoms. The number of nitrogens with one attached hydrogen (secondary N) is 1. The largest absolute Gasteiger partial charge is 0.377 e. The van der Waals surface area contributed by atoms with Crippen LogP contribution in [0.4, 0.5) is 13.6 Å². The molecular weight excluding hydrogens is 294 g/mol. The Labute approximate surface area is 127 Å². The van der Waals surface area contributed by atoms with Gasteiger partial charge in [0.15, 0.2) is 11.6 Å². The number of benzene rings is 1. The van der Waals surface area contributed by atoms with E-state index in [1.54, 1.807) is 0 Å². The maximum Gasteiger partial charge on any atom is 0.325 e. The van der Waals surface area contributed by atoms with Crippen molar-refractivity contribution in [2.45, 2.75) is 32.4 Å². The van der Waals surface area contributed by atoms with E-state index in [0.29, 0.717) is 0 Å². The van der Waals surface area contributed by atoms with Crippen LogP contribution in [0.15, 0.2) is 18.2 Å². The molecule has 3 amide bonds. The summed E-state index contributed by atoms with van der Waals surface area (Å²) in [6.07, 6.45) is -0.0154. The second-order valence-electron chi connectivity index (χ2n) is 5.56. The topological polar surface area (TPSA) is 58.6 Å². The van der Waals surface area contributed by atoms with Gasteiger partial charge in [0.05, 0.1) is 19.3 Å². The number of hydrogen-bond donors (Lipinski definition) is 1. The first-order chi connectivity index (χ1) is 10.3. The van der Waals surface area contributed by atoms with Crippen LogP contribution in [-0.2, 0) is 15.1 Å². The van der Waals surface area contributed by atoms with Gasteiger partial charge in [-0.3, -0.25) is 9.69 Å². The molecule has 0 spiro atoms. The molecule has 1 fully saturated rings. The number of hydrogen-bond acceptors (Lipinski definition) is 3. The molecule has 1 heterocycles. The average Bonchev–Trinajstić information content (AvgIpc) is 2.65. The van der Waals surface area contributed by atoms with Crippen LogP contribution < -0.4 is 5.32 Å². The van der Waals surface area contributed by atoms with E-state index < -0.39 is 29.1 Å². The van der Waals surface area contributed by atoms with Gasteiger partial charge >= 0.3 is 6.03 Å². The lowest BCUT2D eigenvalue weighted by molar-refractivity contribution is -0.131. The van der Waals surface area contributed by atoms with Gasteiger partial charge < -0.3 is 10.1 Å². The minimum atomic E-state index is -1.41. The number of imide groups is 1. The van der Waals surface area contributed by atoms with Crippen LogP contribution in [0.1, 0.15) is 26.3 Å². The number of halogens is 2. The minimum Gasteiger partial charge on any atom is -0.377 e. The Morgan fingerprint density at radius 1 is 1.27 bits per heavy atom. The van der Waals surface area contributed by atoms with Gasteiger partial charge in [0.1, 0.15) is 5.54 Å². The first-order valence-corrected chi connectivity index (χ1v) is 6.97. The van der Waals surface area contributed by atoms with E-state index in [-0.39, 0.29) is 24.8 Å². The molecule has 0 saturated carbocycles. The summed E-state index contributed by atoms with van der Waals surface area (Å²) in [4.78, 5) is 25.5. The lowest BCUT2D eigenvalue weighted by Gasteiger charge is -2.22. The summed E-state index contributed by atoms with van der Waals surface area (Å²) in [5.74, 6) is -2.59. The molecule has 1 aromatic carbocycles. The number of ether oxygens (including phenoxy) is 1. The zero-order chi connectivity index (χ0) is 16.5. The van der Waals surface area contributed by atoms with Crippen molar-refractivity contribution >= 4 is 11.9 Å². The summed E-state index contributed by atoms with van der Waals surface area (Å²) in [6.45, 7) is 5.46. The van der Waals surface area contributed by atoms with Crippen LogP contribution in [0.3, 0.4) is 0 Å². The Bertz CT molecular complexity index is 606. The van der Waals surface area contributed by atoms with E-state index in [0.717, 1.165) is 17.0 Å². The first kappa shape index (κ1) is 16.4. The quantitative estimate of drug-likeness (QED) is 0.848. The van der Waals surface area contributed by atoms with Crippen LogP contribution in [0.25, 0.3) is 0 Å². The highest BCUT2D eigenvalue weighted by atomic mass is 19.2. The van der Waals surface area contributed by atoms with E-state index in [9.17, 15) is 18.4 Å². The minimum absolute atomic E-state index is 0.0154. The number of carbonyl (C=O) groups is 2. The zero-order valence-corrected chi connectivity index (χ0v) is 12.7. The summed E-state index contributed by atoms with van der Waals surface area (Å²) < 4.78 is 31.7. The fourth-order valence-electron chi connectivity index (χ4n) is 2.28. The van der Waals surface area contributed by atoms with Crippen molar-refractivity contribution in [1.29, 1.82) is 0 Å². The van der Waals surface area contributed by atoms with Crippen molar-refractivity contribution in [3.8, 4) is 0 Å². The van der Waals surface area contributed by atoms with E-state index in [1.807, 2.05) is 13.8 Å². The van der Waals surface area contributed by atoms with Crippen molar-refractivity contribution in [3.05, 3.63) is 35.4 Å². The molecule has 1 saturated heterocycles. The Kier molecular flexibility index (Phi) is 4.46. The molecule has 1 aliphatic rings. The maximum atomic E-state index is 13.4. The summed E-state index contributed by atoms with van der Waals surface area (Å²) in [6, 6.07) is 2.55. The zero-order valence-electron chi connectivity index (χ0n) is 12.7. The Hall–Kier alpha value is -2.02. The Morgan fingerprint density at radius 2 is 1.95 bits per heavy atom. The maximum absolute atomic E-state index is 13.4. The van der Waals surface area contributed by atoms with Gasteiger partial charge in [0.25, 0.3) is 5.91 Å². The smallest absolute Gasteiger partial charge is 0.325 e. The molecule has 7 heteroatoms. The second-order valence-corrected chi connectivity index (χ2v) is 5.56. The van der Waals surface area contributed by atoms with Gasteiger partial charge in [0.2, 0.25) is 0 Å². The number of rotatable bonds is 5. The fourth-order valence-corrected chi connectivity index (χ4v) is 2.28. The molecule has 0 bridgehead atoms. The van der Waals surface area contributed by atoms with Crippen LogP contribution in [-0.4, -0.2) is 36.1 Å². The number of nitrogens with zero attached hydrogens (tertiary/aromatic N) is 1. The van der Waals surface area contributed by atoms with E-state index in [4.69, 9.17) is 4.74 Å². The third-order valence-electron chi connectivity index (χ3n) is 3.54. The second kappa shape index (κ2) is 6.00. The normalized spacial score (nSPS) is 21.6. The molecule has 5 nitrogen and oxygen atoms in total. The predicted octanol–water partition coefficient (Wildman–Crippen LogP) is 2.16. The molecule has 0 radical (unpaired) electrons. The average molecular weight is 312 g/mol. The van der Waals surface area contributed by atoms with Gasteiger partial charge in [-0.2, -0.15) is 0 Å². The number of urea groups is 1. The Balaban J connectivity index is 2.20. The lowest BCUT2D eigenvalue weighted by Crippen LogP contribution is -2.41. The van der Waals surface area contributed by atoms with E-state index in [1.165, 1.54) is 13.0 Å². The first-order valence-electron chi connectivity index (χ1n) is 6.97. The molecule has 1 aromatic rings. The molecule has 1 N–H and O–H groups in total. The van der Waals surface area contributed by atoms with Crippen LogP contribution in [0.5, 0.6) is 0 Å². The summed E-state index contributed by atoms with van der Waals surface area (Å²) in [5, 5.41) is 2.52. The summed E-state index contributed by atoms with van der Waals surface area (Å²) >= 11 is 0.